The summed E-state index contributed by atoms with van der Waals surface area (Å²) in [6, 6.07) is 0. The van der Waals surface area contributed by atoms with E-state index in [1.54, 1.807) is 6.92 Å². The van der Waals surface area contributed by atoms with Crippen LogP contribution < -0.4 is 0 Å². The van der Waals surface area contributed by atoms with Crippen molar-refractivity contribution < 1.29 is 14.3 Å². The average molecular weight is 130 g/mol. The summed E-state index contributed by atoms with van der Waals surface area (Å²) in [6.07, 6.45) is -0.679. The minimum Gasteiger partial charge on any atom is -0.447 e. The van der Waals surface area contributed by atoms with Crippen molar-refractivity contribution in [2.75, 3.05) is 6.61 Å². The zero-order valence-electron chi connectivity index (χ0n) is 4.90. The first-order valence-corrected chi connectivity index (χ1v) is 2.32. The van der Waals surface area contributed by atoms with Crippen LogP contribution in [0.2, 0.25) is 0 Å². The zero-order chi connectivity index (χ0) is 7.11. The third-order valence-corrected chi connectivity index (χ3v) is 0.454. The third-order valence-electron chi connectivity index (χ3n) is 0.454. The fraction of sp³-hybridized carbons (Fsp3) is 0.500. The van der Waals surface area contributed by atoms with Gasteiger partial charge in [0.25, 0.3) is 6.41 Å². The van der Waals surface area contributed by atoms with Crippen molar-refractivity contribution in [2.45, 2.75) is 6.92 Å². The SMILES string of the molecule is CCOC(=O)/N=N/C=O. The molecule has 2 amide bonds. The molecule has 0 unspecified atom stereocenters. The van der Waals surface area contributed by atoms with Crippen LogP contribution in [0.15, 0.2) is 10.2 Å². The smallest absolute Gasteiger partial charge is 0.447 e. The van der Waals surface area contributed by atoms with Crippen molar-refractivity contribution in [1.29, 1.82) is 0 Å². The van der Waals surface area contributed by atoms with Gasteiger partial charge in [-0.2, -0.15) is 0 Å². The van der Waals surface area contributed by atoms with Gasteiger partial charge in [-0.1, -0.05) is 5.11 Å². The van der Waals surface area contributed by atoms with E-state index in [-0.39, 0.29) is 13.0 Å². The number of hydrogen-bond acceptors (Lipinski definition) is 3. The van der Waals surface area contributed by atoms with Crippen LogP contribution in [0, 0.1) is 0 Å². The number of carbonyl (C=O) groups is 2. The number of ether oxygens (including phenoxy) is 1. The topological polar surface area (TPSA) is 68.1 Å². The molecule has 0 atom stereocenters. The molecule has 5 nitrogen and oxygen atoms in total. The van der Waals surface area contributed by atoms with Crippen LogP contribution in [0.3, 0.4) is 0 Å². The third kappa shape index (κ3) is 4.60. The van der Waals surface area contributed by atoms with Crippen LogP contribution in [0.5, 0.6) is 0 Å². The van der Waals surface area contributed by atoms with E-state index in [1.807, 2.05) is 0 Å². The molecular formula is C4H6N2O3. The molecule has 0 bridgehead atoms. The Kier molecular flexibility index (Phi) is 4.20. The highest BCUT2D eigenvalue weighted by atomic mass is 16.5. The van der Waals surface area contributed by atoms with Gasteiger partial charge in [0.2, 0.25) is 0 Å². The summed E-state index contributed by atoms with van der Waals surface area (Å²) in [5.41, 5.74) is 0. The van der Waals surface area contributed by atoms with Crippen LogP contribution in [-0.2, 0) is 9.53 Å². The summed E-state index contributed by atoms with van der Waals surface area (Å²) in [4.78, 5) is 19.6. The normalized spacial score (nSPS) is 9.44. The van der Waals surface area contributed by atoms with Gasteiger partial charge in [-0.15, -0.1) is 5.11 Å². The van der Waals surface area contributed by atoms with E-state index >= 15 is 0 Å². The molecule has 0 aromatic rings. The summed E-state index contributed by atoms with van der Waals surface area (Å²) >= 11 is 0. The van der Waals surface area contributed by atoms with Crippen LogP contribution >= 0.6 is 0 Å². The fourth-order valence-electron chi connectivity index (χ4n) is 0.223. The van der Waals surface area contributed by atoms with Gasteiger partial charge in [0.15, 0.2) is 0 Å². The molecule has 0 rings (SSSR count). The van der Waals surface area contributed by atoms with Crippen molar-refractivity contribution in [3.63, 3.8) is 0 Å². The minimum absolute atomic E-state index is 0.164. The lowest BCUT2D eigenvalue weighted by Gasteiger charge is -1.89. The van der Waals surface area contributed by atoms with Gasteiger partial charge in [-0.3, -0.25) is 4.79 Å². The maximum absolute atomic E-state index is 10.2. The second kappa shape index (κ2) is 4.89. The lowest BCUT2D eigenvalue weighted by atomic mass is 10.9. The van der Waals surface area contributed by atoms with Crippen molar-refractivity contribution >= 4 is 12.5 Å². The number of rotatable bonds is 2. The molecule has 0 heterocycles. The summed E-state index contributed by atoms with van der Waals surface area (Å²) in [5, 5.41) is 5.59. The zero-order valence-corrected chi connectivity index (χ0v) is 4.90. The van der Waals surface area contributed by atoms with E-state index in [0.717, 1.165) is 0 Å². The summed E-state index contributed by atoms with van der Waals surface area (Å²) in [7, 11) is 0. The standard InChI is InChI=1S/C4H6N2O3/c1-2-9-4(8)6-5-3-7/h3H,2H2,1H3/b6-5+. The molecule has 0 aliphatic heterocycles. The molecule has 0 aliphatic carbocycles. The first-order chi connectivity index (χ1) is 4.31. The second-order valence-corrected chi connectivity index (χ2v) is 1.02. The van der Waals surface area contributed by atoms with Crippen LogP contribution in [0.1, 0.15) is 6.92 Å². The number of hydrogen-bond donors (Lipinski definition) is 0. The summed E-state index contributed by atoms with van der Waals surface area (Å²) < 4.78 is 4.29. The monoisotopic (exact) mass is 130 g/mol. The highest BCUT2D eigenvalue weighted by Crippen LogP contribution is 1.81. The molecule has 0 radical (unpaired) electrons. The molecule has 0 saturated carbocycles. The average Bonchev–Trinajstić information content (AvgIpc) is 1.85. The quantitative estimate of drug-likeness (QED) is 0.409. The first-order valence-electron chi connectivity index (χ1n) is 2.32. The van der Waals surface area contributed by atoms with E-state index in [4.69, 9.17) is 0 Å². The van der Waals surface area contributed by atoms with Crippen molar-refractivity contribution in [3.8, 4) is 0 Å². The molecule has 0 fully saturated rings. The Morgan fingerprint density at radius 3 is 2.89 bits per heavy atom. The maximum atomic E-state index is 10.2. The van der Waals surface area contributed by atoms with E-state index < -0.39 is 6.09 Å². The van der Waals surface area contributed by atoms with E-state index in [9.17, 15) is 9.59 Å². The lowest BCUT2D eigenvalue weighted by Crippen LogP contribution is -1.95. The Labute approximate surface area is 51.7 Å². The van der Waals surface area contributed by atoms with Gasteiger partial charge in [-0.25, -0.2) is 4.79 Å². The Balaban J connectivity index is 3.49. The molecule has 0 saturated heterocycles. The van der Waals surface area contributed by atoms with Gasteiger partial charge < -0.3 is 4.74 Å². The van der Waals surface area contributed by atoms with Gasteiger partial charge in [0.1, 0.15) is 0 Å². The Morgan fingerprint density at radius 1 is 1.78 bits per heavy atom. The van der Waals surface area contributed by atoms with Crippen molar-refractivity contribution in [3.05, 3.63) is 0 Å². The molecule has 0 N–H and O–H groups in total. The van der Waals surface area contributed by atoms with Gasteiger partial charge in [0, 0.05) is 0 Å². The molecular weight excluding hydrogens is 124 g/mol. The summed E-state index contributed by atoms with van der Waals surface area (Å²) in [5.74, 6) is 0. The van der Waals surface area contributed by atoms with Gasteiger partial charge in [0.05, 0.1) is 6.61 Å². The van der Waals surface area contributed by atoms with Crippen LogP contribution in [0.4, 0.5) is 4.79 Å². The fourth-order valence-corrected chi connectivity index (χ4v) is 0.223. The van der Waals surface area contributed by atoms with Crippen molar-refractivity contribution in [2.24, 2.45) is 10.2 Å². The highest BCUT2D eigenvalue weighted by molar-refractivity contribution is 5.68. The first kappa shape index (κ1) is 7.74. The van der Waals surface area contributed by atoms with Crippen LogP contribution in [-0.4, -0.2) is 19.1 Å². The molecule has 50 valence electrons. The number of amides is 2. The highest BCUT2D eigenvalue weighted by Gasteiger charge is 1.93. The number of nitrogens with zero attached hydrogens (tertiary/aromatic N) is 2. The molecule has 0 aliphatic rings. The number of carbonyl (C=O) groups excluding carboxylic acids is 2. The maximum Gasteiger partial charge on any atom is 0.452 e. The largest absolute Gasteiger partial charge is 0.452 e. The van der Waals surface area contributed by atoms with E-state index in [1.165, 1.54) is 0 Å². The molecule has 0 aromatic carbocycles. The predicted molar refractivity (Wildman–Crippen MR) is 27.9 cm³/mol. The minimum atomic E-state index is -0.843. The van der Waals surface area contributed by atoms with E-state index in [0.29, 0.717) is 0 Å². The number of azo groups is 1. The molecule has 9 heavy (non-hydrogen) atoms. The Hall–Kier alpha value is -1.26. The predicted octanol–water partition coefficient (Wildman–Crippen LogP) is 0.752. The summed E-state index contributed by atoms with van der Waals surface area (Å²) in [6.45, 7) is 1.87. The second-order valence-electron chi connectivity index (χ2n) is 1.02. The Morgan fingerprint density at radius 2 is 2.44 bits per heavy atom. The van der Waals surface area contributed by atoms with Gasteiger partial charge >= 0.3 is 6.09 Å². The van der Waals surface area contributed by atoms with Gasteiger partial charge in [-0.05, 0) is 6.92 Å². The molecule has 0 spiro atoms. The van der Waals surface area contributed by atoms with Crippen LogP contribution in [0.25, 0.3) is 0 Å². The van der Waals surface area contributed by atoms with Crippen molar-refractivity contribution in [1.82, 2.24) is 0 Å². The molecule has 0 aromatic heterocycles. The van der Waals surface area contributed by atoms with E-state index in [2.05, 4.69) is 15.0 Å². The Bertz CT molecular complexity index is 132. The molecule has 5 heteroatoms. The lowest BCUT2D eigenvalue weighted by molar-refractivity contribution is -0.107.